The first kappa shape index (κ1) is 18.8. The molecule has 0 aromatic heterocycles. The fourth-order valence-electron chi connectivity index (χ4n) is 4.46. The van der Waals surface area contributed by atoms with Gasteiger partial charge in [0.1, 0.15) is 0 Å². The Balaban J connectivity index is 2.13. The van der Waals surface area contributed by atoms with Gasteiger partial charge in [-0.3, -0.25) is 0 Å². The monoisotopic (exact) mass is 344 g/mol. The molecule has 0 bridgehead atoms. The Labute approximate surface area is 160 Å². The lowest BCUT2D eigenvalue weighted by molar-refractivity contribution is 0.459. The van der Waals surface area contributed by atoms with Crippen LogP contribution in [0.5, 0.6) is 0 Å². The van der Waals surface area contributed by atoms with Crippen molar-refractivity contribution in [2.75, 3.05) is 0 Å². The summed E-state index contributed by atoms with van der Waals surface area (Å²) in [5.41, 5.74) is 8.67. The predicted octanol–water partition coefficient (Wildman–Crippen LogP) is 7.34. The van der Waals surface area contributed by atoms with E-state index in [0.717, 1.165) is 12.8 Å². The van der Waals surface area contributed by atoms with Crippen LogP contribution in [0.4, 0.5) is 0 Å². The van der Waals surface area contributed by atoms with Crippen molar-refractivity contribution in [1.29, 1.82) is 0 Å². The SMILES string of the molecule is CCC#CCC1(CCCCCC)c2cc(C)ccc2-c2ccc(C)cc21. The molecule has 0 heteroatoms. The molecule has 0 unspecified atom stereocenters. The summed E-state index contributed by atoms with van der Waals surface area (Å²) < 4.78 is 0. The molecular weight excluding hydrogens is 312 g/mol. The van der Waals surface area contributed by atoms with Crippen LogP contribution in [0.15, 0.2) is 36.4 Å². The Morgan fingerprint density at radius 1 is 0.769 bits per heavy atom. The van der Waals surface area contributed by atoms with Crippen molar-refractivity contribution >= 4 is 0 Å². The van der Waals surface area contributed by atoms with Crippen molar-refractivity contribution in [2.24, 2.45) is 0 Å². The summed E-state index contributed by atoms with van der Waals surface area (Å²) in [5, 5.41) is 0. The molecule has 1 aliphatic rings. The van der Waals surface area contributed by atoms with Crippen LogP contribution in [-0.2, 0) is 5.41 Å². The van der Waals surface area contributed by atoms with Gasteiger partial charge in [0.15, 0.2) is 0 Å². The molecule has 0 saturated heterocycles. The van der Waals surface area contributed by atoms with E-state index >= 15 is 0 Å². The maximum Gasteiger partial charge on any atom is 0.0324 e. The summed E-state index contributed by atoms with van der Waals surface area (Å²) in [6.45, 7) is 8.86. The number of hydrogen-bond donors (Lipinski definition) is 0. The third kappa shape index (κ3) is 3.45. The van der Waals surface area contributed by atoms with E-state index in [-0.39, 0.29) is 5.41 Å². The van der Waals surface area contributed by atoms with Gasteiger partial charge in [-0.1, -0.05) is 87.1 Å². The van der Waals surface area contributed by atoms with Crippen molar-refractivity contribution < 1.29 is 0 Å². The Morgan fingerprint density at radius 2 is 1.38 bits per heavy atom. The fraction of sp³-hybridized carbons (Fsp3) is 0.462. The molecule has 0 N–H and O–H groups in total. The molecule has 0 heterocycles. The molecular formula is C26H32. The van der Waals surface area contributed by atoms with Crippen molar-refractivity contribution in [2.45, 2.75) is 78.1 Å². The molecule has 0 radical (unpaired) electrons. The zero-order valence-corrected chi connectivity index (χ0v) is 16.9. The van der Waals surface area contributed by atoms with Crippen molar-refractivity contribution in [3.8, 4) is 23.0 Å². The smallest absolute Gasteiger partial charge is 0.0324 e. The van der Waals surface area contributed by atoms with Crippen LogP contribution in [0.3, 0.4) is 0 Å². The van der Waals surface area contributed by atoms with E-state index in [4.69, 9.17) is 0 Å². The molecule has 3 rings (SSSR count). The zero-order valence-electron chi connectivity index (χ0n) is 16.9. The lowest BCUT2D eigenvalue weighted by atomic mass is 9.71. The molecule has 0 fully saturated rings. The molecule has 0 spiro atoms. The van der Waals surface area contributed by atoms with E-state index in [9.17, 15) is 0 Å². The summed E-state index contributed by atoms with van der Waals surface area (Å²) in [4.78, 5) is 0. The van der Waals surface area contributed by atoms with Crippen LogP contribution in [0.25, 0.3) is 11.1 Å². The third-order valence-corrected chi connectivity index (χ3v) is 5.82. The Hall–Kier alpha value is -2.00. The molecule has 0 amide bonds. The molecule has 0 atom stereocenters. The van der Waals surface area contributed by atoms with Gasteiger partial charge in [0.05, 0.1) is 0 Å². The zero-order chi connectivity index (χ0) is 18.6. The number of unbranched alkanes of at least 4 members (excludes halogenated alkanes) is 3. The fourth-order valence-corrected chi connectivity index (χ4v) is 4.46. The highest BCUT2D eigenvalue weighted by Gasteiger charge is 2.42. The number of aryl methyl sites for hydroxylation is 2. The summed E-state index contributed by atoms with van der Waals surface area (Å²) in [6, 6.07) is 14.0. The lowest BCUT2D eigenvalue weighted by Gasteiger charge is -2.31. The Kier molecular flexibility index (Phi) is 5.87. The Bertz CT molecular complexity index is 777. The average molecular weight is 345 g/mol. The van der Waals surface area contributed by atoms with Crippen LogP contribution < -0.4 is 0 Å². The van der Waals surface area contributed by atoms with Gasteiger partial charge in [0.25, 0.3) is 0 Å². The Morgan fingerprint density at radius 3 is 1.92 bits per heavy atom. The minimum atomic E-state index is 0.0681. The van der Waals surface area contributed by atoms with Crippen LogP contribution >= 0.6 is 0 Å². The van der Waals surface area contributed by atoms with E-state index in [2.05, 4.69) is 75.9 Å². The van der Waals surface area contributed by atoms with Crippen molar-refractivity contribution in [1.82, 2.24) is 0 Å². The lowest BCUT2D eigenvalue weighted by Crippen LogP contribution is -2.25. The van der Waals surface area contributed by atoms with Crippen molar-refractivity contribution in [3.63, 3.8) is 0 Å². The van der Waals surface area contributed by atoms with Crippen LogP contribution in [0.2, 0.25) is 0 Å². The van der Waals surface area contributed by atoms with Crippen LogP contribution in [-0.4, -0.2) is 0 Å². The second-order valence-corrected chi connectivity index (χ2v) is 7.87. The first-order valence-corrected chi connectivity index (χ1v) is 10.3. The van der Waals surface area contributed by atoms with Gasteiger partial charge in [-0.2, -0.15) is 0 Å². The van der Waals surface area contributed by atoms with E-state index in [1.807, 2.05) is 0 Å². The highest BCUT2D eigenvalue weighted by atomic mass is 14.4. The third-order valence-electron chi connectivity index (χ3n) is 5.82. The van der Waals surface area contributed by atoms with Crippen molar-refractivity contribution in [3.05, 3.63) is 58.7 Å². The molecule has 2 aromatic carbocycles. The van der Waals surface area contributed by atoms with Gasteiger partial charge in [0, 0.05) is 18.3 Å². The average Bonchev–Trinajstić information content (AvgIpc) is 2.88. The van der Waals surface area contributed by atoms with Crippen LogP contribution in [0, 0.1) is 25.7 Å². The number of fused-ring (bicyclic) bond motifs is 3. The molecule has 0 aliphatic heterocycles. The van der Waals surface area contributed by atoms with E-state index in [0.29, 0.717) is 0 Å². The van der Waals surface area contributed by atoms with Gasteiger partial charge >= 0.3 is 0 Å². The molecule has 0 saturated carbocycles. The number of rotatable bonds is 6. The van der Waals surface area contributed by atoms with E-state index in [1.54, 1.807) is 0 Å². The molecule has 136 valence electrons. The van der Waals surface area contributed by atoms with Gasteiger partial charge in [-0.25, -0.2) is 0 Å². The maximum absolute atomic E-state index is 3.53. The quantitative estimate of drug-likeness (QED) is 0.380. The molecule has 0 nitrogen and oxygen atoms in total. The summed E-state index contributed by atoms with van der Waals surface area (Å²) >= 11 is 0. The first-order valence-electron chi connectivity index (χ1n) is 10.3. The van der Waals surface area contributed by atoms with E-state index in [1.165, 1.54) is 65.5 Å². The summed E-state index contributed by atoms with van der Waals surface area (Å²) in [5.74, 6) is 6.87. The topological polar surface area (TPSA) is 0 Å². The van der Waals surface area contributed by atoms with Gasteiger partial charge in [-0.05, 0) is 42.5 Å². The summed E-state index contributed by atoms with van der Waals surface area (Å²) in [6.07, 6.45) is 8.31. The largest absolute Gasteiger partial charge is 0.104 e. The molecule has 26 heavy (non-hydrogen) atoms. The first-order chi connectivity index (χ1) is 12.6. The number of hydrogen-bond acceptors (Lipinski definition) is 0. The second kappa shape index (κ2) is 8.13. The normalized spacial score (nSPS) is 13.7. The van der Waals surface area contributed by atoms with Gasteiger partial charge < -0.3 is 0 Å². The van der Waals surface area contributed by atoms with Crippen LogP contribution in [0.1, 0.15) is 81.0 Å². The number of benzene rings is 2. The van der Waals surface area contributed by atoms with Gasteiger partial charge in [0.2, 0.25) is 0 Å². The second-order valence-electron chi connectivity index (χ2n) is 7.87. The minimum absolute atomic E-state index is 0.0681. The highest BCUT2D eigenvalue weighted by Crippen LogP contribution is 2.53. The van der Waals surface area contributed by atoms with Gasteiger partial charge in [-0.15, -0.1) is 11.8 Å². The maximum atomic E-state index is 3.53. The molecule has 1 aliphatic carbocycles. The predicted molar refractivity (Wildman–Crippen MR) is 114 cm³/mol. The minimum Gasteiger partial charge on any atom is -0.104 e. The summed E-state index contributed by atoms with van der Waals surface area (Å²) in [7, 11) is 0. The standard InChI is InChI=1S/C26H32/c1-5-7-9-11-17-26(16-10-8-6-2)24-18-20(3)12-14-22(24)23-15-13-21(4)19-25(23)26/h12-15,18-19H,5-7,9,11,16-17H2,1-4H3. The molecule has 2 aromatic rings. The highest BCUT2D eigenvalue weighted by molar-refractivity contribution is 5.82. The van der Waals surface area contributed by atoms with E-state index < -0.39 is 0 Å².